The van der Waals surface area contributed by atoms with E-state index < -0.39 is 5.41 Å². The number of anilines is 6. The standard InChI is InChI=1S/C71H58N2O2/c1-43-31-35-45(36-32-43)72(59-27-17-25-55-50-21-13-15-29-62(50)74-67(55)59)47-39-40-54-57(41-47)48-19-9-11-23-52(48)65-64-53-24-12-10-20-49(53)61(42-58(64)71(66(54)65,69(3,4)5)70(6,7)8)73(46-37-33-44(2)34-38-46)60-28-18-26-56-51-22-14-16-30-63(51)75-68(56)60/h9-42H,1-8H3. The van der Waals surface area contributed by atoms with Crippen molar-refractivity contribution in [2.75, 3.05) is 9.80 Å². The summed E-state index contributed by atoms with van der Waals surface area (Å²) < 4.78 is 13.7. The molecule has 0 bridgehead atoms. The molecule has 11 aromatic carbocycles. The molecule has 0 unspecified atom stereocenters. The van der Waals surface area contributed by atoms with Crippen LogP contribution in [0.1, 0.15) is 63.8 Å². The highest BCUT2D eigenvalue weighted by Crippen LogP contribution is 2.69. The van der Waals surface area contributed by atoms with Crippen LogP contribution in [0, 0.1) is 24.7 Å². The van der Waals surface area contributed by atoms with Gasteiger partial charge in [0.2, 0.25) is 0 Å². The Morgan fingerprint density at radius 3 is 1.32 bits per heavy atom. The molecule has 1 aliphatic carbocycles. The third kappa shape index (κ3) is 6.42. The third-order valence-electron chi connectivity index (χ3n) is 16.6. The first-order chi connectivity index (χ1) is 36.3. The first-order valence-corrected chi connectivity index (χ1v) is 26.4. The van der Waals surface area contributed by atoms with Crippen LogP contribution in [0.2, 0.25) is 0 Å². The van der Waals surface area contributed by atoms with Crippen molar-refractivity contribution in [2.45, 2.75) is 60.8 Å². The van der Waals surface area contributed by atoms with Crippen LogP contribution in [0.15, 0.2) is 215 Å². The lowest BCUT2D eigenvalue weighted by Gasteiger charge is -2.53. The molecule has 13 aromatic rings. The van der Waals surface area contributed by atoms with Crippen molar-refractivity contribution in [1.82, 2.24) is 0 Å². The maximum atomic E-state index is 6.90. The van der Waals surface area contributed by atoms with Gasteiger partial charge >= 0.3 is 0 Å². The van der Waals surface area contributed by atoms with Crippen molar-refractivity contribution in [3.05, 3.63) is 229 Å². The topological polar surface area (TPSA) is 32.8 Å². The zero-order valence-electron chi connectivity index (χ0n) is 43.8. The summed E-state index contributed by atoms with van der Waals surface area (Å²) in [5.74, 6) is 0. The van der Waals surface area contributed by atoms with Crippen LogP contribution in [-0.2, 0) is 5.41 Å². The van der Waals surface area contributed by atoms with Crippen LogP contribution in [0.3, 0.4) is 0 Å². The Hall–Kier alpha value is -8.60. The number of para-hydroxylation sites is 4. The summed E-state index contributed by atoms with van der Waals surface area (Å²) in [6, 6.07) is 75.9. The Morgan fingerprint density at radius 1 is 0.333 bits per heavy atom. The molecular weight excluding hydrogens is 913 g/mol. The lowest BCUT2D eigenvalue weighted by molar-refractivity contribution is 0.0965. The molecule has 2 aromatic heterocycles. The molecule has 0 aliphatic heterocycles. The summed E-state index contributed by atoms with van der Waals surface area (Å²) in [4.78, 5) is 4.86. The zero-order valence-corrected chi connectivity index (χ0v) is 43.8. The average Bonchev–Trinajstić information content (AvgIpc) is 4.27. The van der Waals surface area contributed by atoms with Gasteiger partial charge in [-0.05, 0) is 141 Å². The molecule has 0 atom stereocenters. The van der Waals surface area contributed by atoms with E-state index in [0.29, 0.717) is 0 Å². The van der Waals surface area contributed by atoms with E-state index in [4.69, 9.17) is 8.83 Å². The predicted molar refractivity (Wildman–Crippen MR) is 317 cm³/mol. The largest absolute Gasteiger partial charge is 0.454 e. The van der Waals surface area contributed by atoms with Crippen molar-refractivity contribution in [3.8, 4) is 11.1 Å². The number of rotatable bonds is 6. The highest BCUT2D eigenvalue weighted by Gasteiger charge is 2.59. The smallest absolute Gasteiger partial charge is 0.159 e. The van der Waals surface area contributed by atoms with E-state index in [-0.39, 0.29) is 10.8 Å². The minimum atomic E-state index is -0.506. The van der Waals surface area contributed by atoms with E-state index in [0.717, 1.165) is 78.0 Å². The molecule has 0 N–H and O–H groups in total. The quantitative estimate of drug-likeness (QED) is 0.155. The molecular formula is C71H58N2O2. The Kier molecular flexibility index (Phi) is 9.73. The van der Waals surface area contributed by atoms with Gasteiger partial charge in [-0.3, -0.25) is 0 Å². The van der Waals surface area contributed by atoms with E-state index in [1.807, 2.05) is 0 Å². The van der Waals surface area contributed by atoms with Gasteiger partial charge in [-0.2, -0.15) is 0 Å². The first-order valence-electron chi connectivity index (χ1n) is 26.4. The summed E-state index contributed by atoms with van der Waals surface area (Å²) in [6.45, 7) is 19.2. The second kappa shape index (κ2) is 16.2. The molecule has 4 heteroatoms. The van der Waals surface area contributed by atoms with Gasteiger partial charge in [-0.1, -0.05) is 192 Å². The molecule has 2 heterocycles. The number of nitrogens with zero attached hydrogens (tertiary/aromatic N) is 2. The Labute approximate surface area is 438 Å². The number of hydrogen-bond acceptors (Lipinski definition) is 4. The van der Waals surface area contributed by atoms with Gasteiger partial charge in [0.05, 0.1) is 17.1 Å². The molecule has 0 spiro atoms. The van der Waals surface area contributed by atoms with Crippen LogP contribution in [0.25, 0.3) is 87.3 Å². The fourth-order valence-corrected chi connectivity index (χ4v) is 13.9. The van der Waals surface area contributed by atoms with Gasteiger partial charge in [-0.25, -0.2) is 0 Å². The minimum Gasteiger partial charge on any atom is -0.454 e. The molecule has 0 amide bonds. The summed E-state index contributed by atoms with van der Waals surface area (Å²) in [5.41, 5.74) is 16.6. The van der Waals surface area contributed by atoms with E-state index in [1.54, 1.807) is 0 Å². The highest BCUT2D eigenvalue weighted by molar-refractivity contribution is 6.24. The van der Waals surface area contributed by atoms with E-state index in [1.165, 1.54) is 65.7 Å². The number of fused-ring (bicyclic) bond motifs is 16. The van der Waals surface area contributed by atoms with Gasteiger partial charge in [0.15, 0.2) is 11.2 Å². The molecule has 1 aliphatic rings. The fourth-order valence-electron chi connectivity index (χ4n) is 13.9. The van der Waals surface area contributed by atoms with Gasteiger partial charge in [0.25, 0.3) is 0 Å². The number of hydrogen-bond donors (Lipinski definition) is 0. The number of benzene rings is 11. The molecule has 4 nitrogen and oxygen atoms in total. The number of aryl methyl sites for hydroxylation is 2. The summed E-state index contributed by atoms with van der Waals surface area (Å²) >= 11 is 0. The Bertz CT molecular complexity index is 4450. The van der Waals surface area contributed by atoms with Crippen LogP contribution >= 0.6 is 0 Å². The minimum absolute atomic E-state index is 0.280. The SMILES string of the molecule is Cc1ccc(N(c2ccc3c4c(c5ccccc5c3c2)-c2c(cc(N(c3ccc(C)cc3)c3cccc5c3oc3ccccc35)c3ccccc23)C4(C(C)(C)C)C(C)(C)C)c2cccc3c2oc2ccccc23)cc1. The van der Waals surface area contributed by atoms with Crippen LogP contribution < -0.4 is 9.80 Å². The predicted octanol–water partition coefficient (Wildman–Crippen LogP) is 20.9. The zero-order chi connectivity index (χ0) is 51.1. The van der Waals surface area contributed by atoms with Crippen LogP contribution in [0.5, 0.6) is 0 Å². The van der Waals surface area contributed by atoms with E-state index >= 15 is 0 Å². The fraction of sp³-hybridized carbons (Fsp3) is 0.155. The Balaban J connectivity index is 1.09. The normalized spacial score (nSPS) is 13.4. The second-order valence-corrected chi connectivity index (χ2v) is 23.0. The van der Waals surface area contributed by atoms with Gasteiger partial charge < -0.3 is 18.6 Å². The summed E-state index contributed by atoms with van der Waals surface area (Å²) in [5, 5.41) is 11.8. The number of furan rings is 2. The molecule has 364 valence electrons. The van der Waals surface area contributed by atoms with Gasteiger partial charge in [-0.15, -0.1) is 0 Å². The summed E-state index contributed by atoms with van der Waals surface area (Å²) in [7, 11) is 0. The maximum absolute atomic E-state index is 6.90. The first kappa shape index (κ1) is 45.0. The molecule has 0 saturated heterocycles. The summed E-state index contributed by atoms with van der Waals surface area (Å²) in [6.07, 6.45) is 0. The van der Waals surface area contributed by atoms with Crippen LogP contribution in [0.4, 0.5) is 34.1 Å². The van der Waals surface area contributed by atoms with Gasteiger partial charge in [0, 0.05) is 49.4 Å². The molecule has 0 fully saturated rings. The third-order valence-corrected chi connectivity index (χ3v) is 16.6. The van der Waals surface area contributed by atoms with Crippen molar-refractivity contribution in [2.24, 2.45) is 10.8 Å². The Morgan fingerprint density at radius 2 is 0.773 bits per heavy atom. The molecule has 14 rings (SSSR count). The van der Waals surface area contributed by atoms with Gasteiger partial charge in [0.1, 0.15) is 11.2 Å². The molecule has 0 radical (unpaired) electrons. The highest BCUT2D eigenvalue weighted by atomic mass is 16.3. The lowest BCUT2D eigenvalue weighted by Crippen LogP contribution is -2.50. The monoisotopic (exact) mass is 970 g/mol. The maximum Gasteiger partial charge on any atom is 0.159 e. The second-order valence-electron chi connectivity index (χ2n) is 23.0. The molecule has 75 heavy (non-hydrogen) atoms. The van der Waals surface area contributed by atoms with Crippen LogP contribution in [-0.4, -0.2) is 0 Å². The van der Waals surface area contributed by atoms with Crippen molar-refractivity contribution >= 4 is 110 Å². The van der Waals surface area contributed by atoms with E-state index in [9.17, 15) is 0 Å². The van der Waals surface area contributed by atoms with Crippen molar-refractivity contribution < 1.29 is 8.83 Å². The van der Waals surface area contributed by atoms with E-state index in [2.05, 4.69) is 271 Å². The van der Waals surface area contributed by atoms with Crippen molar-refractivity contribution in [1.29, 1.82) is 0 Å². The average molecular weight is 971 g/mol. The molecule has 0 saturated carbocycles. The van der Waals surface area contributed by atoms with Crippen molar-refractivity contribution in [3.63, 3.8) is 0 Å². The lowest BCUT2D eigenvalue weighted by atomic mass is 9.49.